The predicted octanol–water partition coefficient (Wildman–Crippen LogP) is 0.959. The summed E-state index contributed by atoms with van der Waals surface area (Å²) in [7, 11) is 1.63. The monoisotopic (exact) mass is 292 g/mol. The summed E-state index contributed by atoms with van der Waals surface area (Å²) in [4.78, 5) is 23.4. The molecule has 3 rings (SSSR count). The van der Waals surface area contributed by atoms with Crippen LogP contribution in [0.5, 0.6) is 0 Å². The number of nitro groups is 1. The molecular formula is C13H20N6O2. The first kappa shape index (κ1) is 14.0. The highest BCUT2D eigenvalue weighted by molar-refractivity contribution is 5.70. The Kier molecular flexibility index (Phi) is 3.87. The summed E-state index contributed by atoms with van der Waals surface area (Å²) >= 11 is 0. The van der Waals surface area contributed by atoms with Gasteiger partial charge in [0.05, 0.1) is 4.92 Å². The van der Waals surface area contributed by atoms with Gasteiger partial charge in [0.15, 0.2) is 0 Å². The van der Waals surface area contributed by atoms with Gasteiger partial charge in [0, 0.05) is 39.8 Å². The number of nitrogens with one attached hydrogen (secondary N) is 1. The predicted molar refractivity (Wildman–Crippen MR) is 79.6 cm³/mol. The van der Waals surface area contributed by atoms with Crippen molar-refractivity contribution in [3.63, 3.8) is 0 Å². The van der Waals surface area contributed by atoms with Crippen LogP contribution in [0.1, 0.15) is 12.8 Å². The number of anilines is 2. The van der Waals surface area contributed by atoms with Crippen molar-refractivity contribution in [3.8, 4) is 0 Å². The van der Waals surface area contributed by atoms with Gasteiger partial charge in [-0.15, -0.1) is 0 Å². The first-order valence-corrected chi connectivity index (χ1v) is 7.33. The van der Waals surface area contributed by atoms with Gasteiger partial charge in [-0.2, -0.15) is 0 Å². The number of piperazine rings is 1. The average molecular weight is 292 g/mol. The quantitative estimate of drug-likeness (QED) is 0.638. The molecule has 1 aliphatic heterocycles. The fraction of sp³-hybridized carbons (Fsp3) is 0.692. The van der Waals surface area contributed by atoms with Gasteiger partial charge in [-0.3, -0.25) is 15.0 Å². The standard InChI is InChI=1S/C13H20N6O2/c1-14-12-11(19(20)21)13(16-9-15-12)18-6-4-17(5-7-18)8-10-2-3-10/h9-10H,2-8H2,1H3,(H,14,15,16). The summed E-state index contributed by atoms with van der Waals surface area (Å²) in [5, 5.41) is 14.1. The summed E-state index contributed by atoms with van der Waals surface area (Å²) in [5.74, 6) is 1.57. The molecule has 114 valence electrons. The molecule has 1 aliphatic carbocycles. The van der Waals surface area contributed by atoms with Crippen LogP contribution >= 0.6 is 0 Å². The Morgan fingerprint density at radius 3 is 2.62 bits per heavy atom. The zero-order chi connectivity index (χ0) is 14.8. The molecule has 0 radical (unpaired) electrons. The number of hydrogen-bond acceptors (Lipinski definition) is 7. The fourth-order valence-electron chi connectivity index (χ4n) is 2.76. The third-order valence-corrected chi connectivity index (χ3v) is 4.11. The van der Waals surface area contributed by atoms with Crippen LogP contribution in [0.15, 0.2) is 6.33 Å². The first-order valence-electron chi connectivity index (χ1n) is 7.33. The van der Waals surface area contributed by atoms with Crippen LogP contribution in [-0.4, -0.2) is 59.6 Å². The summed E-state index contributed by atoms with van der Waals surface area (Å²) in [6.45, 7) is 4.59. The van der Waals surface area contributed by atoms with Crippen LogP contribution in [0.25, 0.3) is 0 Å². The van der Waals surface area contributed by atoms with Crippen molar-refractivity contribution >= 4 is 17.3 Å². The smallest absolute Gasteiger partial charge is 0.353 e. The lowest BCUT2D eigenvalue weighted by atomic mass is 10.2. The highest BCUT2D eigenvalue weighted by Gasteiger charge is 2.30. The molecule has 1 N–H and O–H groups in total. The van der Waals surface area contributed by atoms with E-state index in [2.05, 4.69) is 20.2 Å². The minimum Gasteiger partial charge on any atom is -0.367 e. The maximum atomic E-state index is 11.3. The third kappa shape index (κ3) is 3.05. The SMILES string of the molecule is CNc1ncnc(N2CCN(CC3CC3)CC2)c1[N+](=O)[O-]. The van der Waals surface area contributed by atoms with Crippen LogP contribution in [0, 0.1) is 16.0 Å². The minimum atomic E-state index is -0.405. The molecule has 2 heterocycles. The lowest BCUT2D eigenvalue weighted by Crippen LogP contribution is -2.47. The number of hydrogen-bond donors (Lipinski definition) is 1. The molecule has 2 aliphatic rings. The van der Waals surface area contributed by atoms with E-state index in [0.717, 1.165) is 32.1 Å². The molecule has 1 aromatic heterocycles. The Bertz CT molecular complexity index is 525. The Labute approximate surface area is 123 Å². The number of nitrogens with zero attached hydrogens (tertiary/aromatic N) is 5. The highest BCUT2D eigenvalue weighted by Crippen LogP contribution is 2.33. The van der Waals surface area contributed by atoms with Gasteiger partial charge < -0.3 is 10.2 Å². The van der Waals surface area contributed by atoms with Crippen LogP contribution < -0.4 is 10.2 Å². The van der Waals surface area contributed by atoms with Gasteiger partial charge in [-0.1, -0.05) is 0 Å². The zero-order valence-electron chi connectivity index (χ0n) is 12.2. The van der Waals surface area contributed by atoms with Crippen molar-refractivity contribution in [1.82, 2.24) is 14.9 Å². The molecule has 0 atom stereocenters. The van der Waals surface area contributed by atoms with Crippen LogP contribution in [-0.2, 0) is 0 Å². The van der Waals surface area contributed by atoms with Gasteiger partial charge >= 0.3 is 5.69 Å². The topological polar surface area (TPSA) is 87.4 Å². The van der Waals surface area contributed by atoms with Gasteiger partial charge in [-0.25, -0.2) is 9.97 Å². The summed E-state index contributed by atoms with van der Waals surface area (Å²) in [5.41, 5.74) is -0.0318. The molecule has 2 fully saturated rings. The molecule has 8 nitrogen and oxygen atoms in total. The van der Waals surface area contributed by atoms with Gasteiger partial charge in [0.1, 0.15) is 6.33 Å². The average Bonchev–Trinajstić information content (AvgIpc) is 3.31. The highest BCUT2D eigenvalue weighted by atomic mass is 16.6. The number of rotatable bonds is 5. The maximum absolute atomic E-state index is 11.3. The van der Waals surface area contributed by atoms with Crippen LogP contribution in [0.2, 0.25) is 0 Å². The van der Waals surface area contributed by atoms with E-state index in [1.165, 1.54) is 25.7 Å². The number of aromatic nitrogens is 2. The van der Waals surface area contributed by atoms with E-state index in [-0.39, 0.29) is 11.5 Å². The fourth-order valence-corrected chi connectivity index (χ4v) is 2.76. The Morgan fingerprint density at radius 2 is 2.05 bits per heavy atom. The van der Waals surface area contributed by atoms with Gasteiger partial charge in [0.25, 0.3) is 0 Å². The lowest BCUT2D eigenvalue weighted by molar-refractivity contribution is -0.383. The summed E-state index contributed by atoms with van der Waals surface area (Å²) < 4.78 is 0. The molecular weight excluding hydrogens is 272 g/mol. The Hall–Kier alpha value is -1.96. The molecule has 21 heavy (non-hydrogen) atoms. The van der Waals surface area contributed by atoms with Crippen molar-refractivity contribution < 1.29 is 4.92 Å². The summed E-state index contributed by atoms with van der Waals surface area (Å²) in [6.07, 6.45) is 4.08. The first-order chi connectivity index (χ1) is 10.2. The lowest BCUT2D eigenvalue weighted by Gasteiger charge is -2.35. The van der Waals surface area contributed by atoms with E-state index in [1.54, 1.807) is 7.05 Å². The molecule has 1 saturated carbocycles. The second kappa shape index (κ2) is 5.80. The minimum absolute atomic E-state index is 0.0318. The van der Waals surface area contributed by atoms with E-state index >= 15 is 0 Å². The van der Waals surface area contributed by atoms with E-state index in [0.29, 0.717) is 5.82 Å². The maximum Gasteiger partial charge on any atom is 0.353 e. The molecule has 0 bridgehead atoms. The third-order valence-electron chi connectivity index (χ3n) is 4.11. The molecule has 1 aromatic rings. The van der Waals surface area contributed by atoms with E-state index < -0.39 is 4.92 Å². The molecule has 0 aromatic carbocycles. The van der Waals surface area contributed by atoms with E-state index in [9.17, 15) is 10.1 Å². The largest absolute Gasteiger partial charge is 0.367 e. The Morgan fingerprint density at radius 1 is 1.33 bits per heavy atom. The van der Waals surface area contributed by atoms with Crippen molar-refractivity contribution in [3.05, 3.63) is 16.4 Å². The summed E-state index contributed by atoms with van der Waals surface area (Å²) in [6, 6.07) is 0. The van der Waals surface area contributed by atoms with Crippen molar-refractivity contribution in [1.29, 1.82) is 0 Å². The molecule has 1 saturated heterocycles. The second-order valence-electron chi connectivity index (χ2n) is 5.63. The van der Waals surface area contributed by atoms with E-state index in [1.807, 2.05) is 4.90 Å². The van der Waals surface area contributed by atoms with Crippen molar-refractivity contribution in [2.45, 2.75) is 12.8 Å². The van der Waals surface area contributed by atoms with Crippen LogP contribution in [0.3, 0.4) is 0 Å². The van der Waals surface area contributed by atoms with Crippen molar-refractivity contribution in [2.24, 2.45) is 5.92 Å². The van der Waals surface area contributed by atoms with Crippen molar-refractivity contribution in [2.75, 3.05) is 50.0 Å². The Balaban J connectivity index is 1.73. The zero-order valence-corrected chi connectivity index (χ0v) is 12.2. The van der Waals surface area contributed by atoms with Crippen LogP contribution in [0.4, 0.5) is 17.3 Å². The second-order valence-corrected chi connectivity index (χ2v) is 5.63. The van der Waals surface area contributed by atoms with Gasteiger partial charge in [-0.05, 0) is 18.8 Å². The molecule has 0 spiro atoms. The van der Waals surface area contributed by atoms with E-state index in [4.69, 9.17) is 0 Å². The molecule has 0 unspecified atom stereocenters. The molecule has 0 amide bonds. The molecule has 8 heteroatoms. The van der Waals surface area contributed by atoms with Gasteiger partial charge in [0.2, 0.25) is 11.6 Å². The normalized spacial score (nSPS) is 19.6.